The van der Waals surface area contributed by atoms with Crippen molar-refractivity contribution in [2.24, 2.45) is 0 Å². The number of halogens is 1. The summed E-state index contributed by atoms with van der Waals surface area (Å²) in [6.07, 6.45) is 5.23. The number of esters is 1. The lowest BCUT2D eigenvalue weighted by atomic mass is 9.93. The Kier molecular flexibility index (Phi) is 8.50. The highest BCUT2D eigenvalue weighted by Crippen LogP contribution is 2.24. The van der Waals surface area contributed by atoms with Crippen LogP contribution in [0.1, 0.15) is 32.6 Å². The fraction of sp³-hybridized carbons (Fsp3) is 0.200. The normalized spacial score (nSPS) is 13.5. The zero-order valence-corrected chi connectivity index (χ0v) is 23.0. The number of carbonyl (C=O) groups is 3. The Morgan fingerprint density at radius 3 is 2.68 bits per heavy atom. The zero-order valence-electron chi connectivity index (χ0n) is 22.2. The Bertz CT molecular complexity index is 1590. The van der Waals surface area contributed by atoms with E-state index >= 15 is 0 Å². The minimum atomic E-state index is -0.807. The molecule has 1 aromatic heterocycles. The van der Waals surface area contributed by atoms with Gasteiger partial charge in [0.1, 0.15) is 12.4 Å². The second kappa shape index (κ2) is 12.6. The van der Waals surface area contributed by atoms with Crippen molar-refractivity contribution in [3.05, 3.63) is 112 Å². The number of rotatable bonds is 8. The molecule has 41 heavy (non-hydrogen) atoms. The Balaban J connectivity index is 1.36. The van der Waals surface area contributed by atoms with E-state index in [1.807, 2.05) is 36.4 Å². The summed E-state index contributed by atoms with van der Waals surface area (Å²) in [6, 6.07) is 19.3. The summed E-state index contributed by atoms with van der Waals surface area (Å²) < 4.78 is 6.39. The summed E-state index contributed by atoms with van der Waals surface area (Å²) in [4.78, 5) is 40.9. The molecule has 2 amide bonds. The molecular formula is C30H27ClN6O4. The molecule has 3 aromatic carbocycles. The van der Waals surface area contributed by atoms with Gasteiger partial charge in [0.15, 0.2) is 0 Å². The molecule has 2 heterocycles. The number of fused-ring (bicyclic) bond motifs is 1. The molecule has 0 saturated heterocycles. The molecule has 4 aromatic rings. The number of tetrazole rings is 1. The summed E-state index contributed by atoms with van der Waals surface area (Å²) in [7, 11) is 1.35. The van der Waals surface area contributed by atoms with Gasteiger partial charge in [0, 0.05) is 36.2 Å². The van der Waals surface area contributed by atoms with Crippen LogP contribution in [-0.4, -0.2) is 62.6 Å². The molecule has 1 atom stereocenters. The van der Waals surface area contributed by atoms with E-state index < -0.39 is 17.9 Å². The van der Waals surface area contributed by atoms with Crippen molar-refractivity contribution in [2.45, 2.75) is 25.4 Å². The molecule has 0 fully saturated rings. The van der Waals surface area contributed by atoms with Gasteiger partial charge in [0.05, 0.1) is 18.4 Å². The van der Waals surface area contributed by atoms with Crippen molar-refractivity contribution in [1.82, 2.24) is 30.4 Å². The quantitative estimate of drug-likeness (QED) is 0.255. The average Bonchev–Trinajstić information content (AvgIpc) is 3.54. The third kappa shape index (κ3) is 6.50. The highest BCUT2D eigenvalue weighted by Gasteiger charge is 2.30. The highest BCUT2D eigenvalue weighted by molar-refractivity contribution is 6.30. The third-order valence-electron chi connectivity index (χ3n) is 6.88. The Morgan fingerprint density at radius 1 is 1.10 bits per heavy atom. The van der Waals surface area contributed by atoms with E-state index in [1.165, 1.54) is 24.2 Å². The van der Waals surface area contributed by atoms with Crippen molar-refractivity contribution in [1.29, 1.82) is 0 Å². The van der Waals surface area contributed by atoms with E-state index in [2.05, 4.69) is 20.8 Å². The van der Waals surface area contributed by atoms with Gasteiger partial charge in [-0.15, -0.1) is 5.10 Å². The van der Waals surface area contributed by atoms with Crippen molar-refractivity contribution < 1.29 is 19.1 Å². The molecule has 11 heteroatoms. The van der Waals surface area contributed by atoms with Crippen molar-refractivity contribution in [3.8, 4) is 5.69 Å². The van der Waals surface area contributed by atoms with Gasteiger partial charge < -0.3 is 15.0 Å². The number of nitrogens with one attached hydrogen (secondary N) is 1. The van der Waals surface area contributed by atoms with Gasteiger partial charge in [-0.05, 0) is 63.9 Å². The van der Waals surface area contributed by atoms with Gasteiger partial charge in [-0.1, -0.05) is 54.1 Å². The fourth-order valence-electron chi connectivity index (χ4n) is 4.89. The van der Waals surface area contributed by atoms with Crippen LogP contribution in [0.5, 0.6) is 0 Å². The smallest absolute Gasteiger partial charge is 0.338 e. The lowest BCUT2D eigenvalue weighted by Crippen LogP contribution is -2.50. The Morgan fingerprint density at radius 2 is 1.93 bits per heavy atom. The van der Waals surface area contributed by atoms with E-state index in [1.54, 1.807) is 41.3 Å². The van der Waals surface area contributed by atoms with E-state index in [4.69, 9.17) is 16.3 Å². The number of ether oxygens (including phenoxy) is 1. The minimum absolute atomic E-state index is 0.207. The molecule has 0 saturated carbocycles. The van der Waals surface area contributed by atoms with Crippen LogP contribution in [0, 0.1) is 0 Å². The van der Waals surface area contributed by atoms with Gasteiger partial charge in [-0.3, -0.25) is 9.59 Å². The average molecular weight is 571 g/mol. The molecule has 0 bridgehead atoms. The molecule has 0 aliphatic carbocycles. The minimum Gasteiger partial charge on any atom is -0.465 e. The van der Waals surface area contributed by atoms with E-state index in [0.29, 0.717) is 47.8 Å². The maximum absolute atomic E-state index is 13.8. The fourth-order valence-corrected chi connectivity index (χ4v) is 5.07. The van der Waals surface area contributed by atoms with Crippen LogP contribution < -0.4 is 5.32 Å². The van der Waals surface area contributed by atoms with Crippen LogP contribution in [0.2, 0.25) is 5.02 Å². The molecule has 1 aliphatic rings. The second-order valence-electron chi connectivity index (χ2n) is 9.49. The number of benzene rings is 3. The lowest BCUT2D eigenvalue weighted by molar-refractivity contribution is -0.136. The van der Waals surface area contributed by atoms with Crippen LogP contribution in [0.3, 0.4) is 0 Å². The van der Waals surface area contributed by atoms with Gasteiger partial charge in [0.2, 0.25) is 11.8 Å². The van der Waals surface area contributed by atoms with Crippen molar-refractivity contribution in [2.75, 3.05) is 13.7 Å². The summed E-state index contributed by atoms with van der Waals surface area (Å²) in [5, 5.41) is 14.6. The van der Waals surface area contributed by atoms with Crippen LogP contribution in [0.4, 0.5) is 0 Å². The summed E-state index contributed by atoms with van der Waals surface area (Å²) in [5.74, 6) is -1.04. The van der Waals surface area contributed by atoms with Crippen LogP contribution >= 0.6 is 11.6 Å². The molecule has 1 N–H and O–H groups in total. The summed E-state index contributed by atoms with van der Waals surface area (Å²) >= 11 is 6.20. The lowest BCUT2D eigenvalue weighted by Gasteiger charge is -2.32. The number of amides is 2. The van der Waals surface area contributed by atoms with Crippen molar-refractivity contribution in [3.63, 3.8) is 0 Å². The monoisotopic (exact) mass is 570 g/mol. The number of methoxy groups -OCH3 is 1. The highest BCUT2D eigenvalue weighted by atomic mass is 35.5. The predicted molar refractivity (Wildman–Crippen MR) is 152 cm³/mol. The largest absolute Gasteiger partial charge is 0.465 e. The first kappa shape index (κ1) is 27.7. The molecule has 208 valence electrons. The predicted octanol–water partition coefficient (Wildman–Crippen LogP) is 3.43. The SMILES string of the molecule is COC(=O)c1cccc2c1CCN(C(=O)[C@H](Cc1ccccc1)NC(=O)/C=C/c1cc(Cl)ccc1-n1cnnn1)C2. The molecular weight excluding hydrogens is 544 g/mol. The van der Waals surface area contributed by atoms with E-state index in [-0.39, 0.29) is 5.91 Å². The molecule has 0 radical (unpaired) electrons. The molecule has 10 nitrogen and oxygen atoms in total. The Hall–Kier alpha value is -4.83. The van der Waals surface area contributed by atoms with Gasteiger partial charge in [-0.2, -0.15) is 4.68 Å². The first-order chi connectivity index (χ1) is 19.9. The van der Waals surface area contributed by atoms with E-state index in [0.717, 1.165) is 16.7 Å². The zero-order chi connectivity index (χ0) is 28.8. The van der Waals surface area contributed by atoms with Crippen LogP contribution in [-0.2, 0) is 33.7 Å². The van der Waals surface area contributed by atoms with Gasteiger partial charge in [0.25, 0.3) is 0 Å². The number of nitrogens with zero attached hydrogens (tertiary/aromatic N) is 5. The first-order valence-corrected chi connectivity index (χ1v) is 13.3. The number of hydrogen-bond donors (Lipinski definition) is 1. The van der Waals surface area contributed by atoms with E-state index in [9.17, 15) is 14.4 Å². The topological polar surface area (TPSA) is 119 Å². The van der Waals surface area contributed by atoms with Gasteiger partial charge in [-0.25, -0.2) is 4.79 Å². The molecule has 5 rings (SSSR count). The van der Waals surface area contributed by atoms with Crippen LogP contribution in [0.25, 0.3) is 11.8 Å². The molecule has 1 aliphatic heterocycles. The standard InChI is InChI=1S/C30H27ClN6O4/c1-41-30(40)25-9-5-8-22-18-36(15-14-24(22)25)29(39)26(16-20-6-3-2-4-7-20)33-28(38)13-10-21-17-23(31)11-12-27(21)37-19-32-34-35-37/h2-13,17,19,26H,14-16,18H2,1H3,(H,33,38)/b13-10+/t26-/m0/s1. The Labute approximate surface area is 241 Å². The second-order valence-corrected chi connectivity index (χ2v) is 9.92. The number of hydrogen-bond acceptors (Lipinski definition) is 7. The van der Waals surface area contributed by atoms with Crippen LogP contribution in [0.15, 0.2) is 79.1 Å². The van der Waals surface area contributed by atoms with Gasteiger partial charge >= 0.3 is 5.97 Å². The summed E-state index contributed by atoms with van der Waals surface area (Å²) in [5.41, 5.74) is 4.46. The molecule has 0 spiro atoms. The maximum Gasteiger partial charge on any atom is 0.338 e. The maximum atomic E-state index is 13.8. The first-order valence-electron chi connectivity index (χ1n) is 13.0. The third-order valence-corrected chi connectivity index (χ3v) is 7.11. The number of aromatic nitrogens is 4. The molecule has 0 unspecified atom stereocenters. The summed E-state index contributed by atoms with van der Waals surface area (Å²) in [6.45, 7) is 0.739. The van der Waals surface area contributed by atoms with Crippen molar-refractivity contribution >= 4 is 35.5 Å². The number of carbonyl (C=O) groups excluding carboxylic acids is 3.